The van der Waals surface area contributed by atoms with E-state index in [2.05, 4.69) is 4.74 Å². The Morgan fingerprint density at radius 2 is 2.08 bits per heavy atom. The van der Waals surface area contributed by atoms with Gasteiger partial charge in [-0.3, -0.25) is 9.59 Å². The Balaban J connectivity index is 3.39. The summed E-state index contributed by atoms with van der Waals surface area (Å²) in [6.45, 7) is 1.45. The number of carbonyl (C=O) groups is 2. The second-order valence-electron chi connectivity index (χ2n) is 2.57. The molecule has 1 amide bonds. The third-order valence-electron chi connectivity index (χ3n) is 1.26. The third-order valence-corrected chi connectivity index (χ3v) is 1.26. The van der Waals surface area contributed by atoms with Crippen LogP contribution in [0.5, 0.6) is 0 Å². The molecule has 1 atom stereocenters. The number of primary amides is 1. The van der Waals surface area contributed by atoms with Gasteiger partial charge in [-0.1, -0.05) is 0 Å². The highest BCUT2D eigenvalue weighted by Gasteiger charge is 2.05. The second-order valence-corrected chi connectivity index (χ2v) is 2.57. The summed E-state index contributed by atoms with van der Waals surface area (Å²) in [6.07, 6.45) is 0.672. The zero-order valence-corrected chi connectivity index (χ0v) is 7.08. The molecule has 0 aromatic heterocycles. The Labute approximate surface area is 71.0 Å². The Morgan fingerprint density at radius 3 is 2.50 bits per heavy atom. The molecule has 0 fully saturated rings. The van der Waals surface area contributed by atoms with Crippen LogP contribution in [0.15, 0.2) is 0 Å². The van der Waals surface area contributed by atoms with Crippen molar-refractivity contribution >= 4 is 11.9 Å². The van der Waals surface area contributed by atoms with Crippen molar-refractivity contribution in [2.24, 2.45) is 11.5 Å². The van der Waals surface area contributed by atoms with Crippen molar-refractivity contribution < 1.29 is 14.3 Å². The van der Waals surface area contributed by atoms with Gasteiger partial charge < -0.3 is 16.2 Å². The molecule has 0 heterocycles. The lowest BCUT2D eigenvalue weighted by Gasteiger charge is -2.09. The van der Waals surface area contributed by atoms with Crippen molar-refractivity contribution in [1.82, 2.24) is 0 Å². The largest absolute Gasteiger partial charge is 0.464 e. The first kappa shape index (κ1) is 10.9. The maximum absolute atomic E-state index is 10.3. The molecular formula is C7H14N2O3. The highest BCUT2D eigenvalue weighted by atomic mass is 16.5. The van der Waals surface area contributed by atoms with Crippen LogP contribution >= 0.6 is 0 Å². The van der Waals surface area contributed by atoms with E-state index >= 15 is 0 Å². The Morgan fingerprint density at radius 1 is 1.50 bits per heavy atom. The number of rotatable bonds is 5. The molecule has 4 N–H and O–H groups in total. The van der Waals surface area contributed by atoms with E-state index in [0.29, 0.717) is 6.42 Å². The molecule has 70 valence electrons. The molecule has 0 aromatic rings. The minimum absolute atomic E-state index is 0.141. The summed E-state index contributed by atoms with van der Waals surface area (Å²) >= 11 is 0. The van der Waals surface area contributed by atoms with Crippen molar-refractivity contribution in [3.63, 3.8) is 0 Å². The average molecular weight is 174 g/mol. The van der Waals surface area contributed by atoms with Crippen molar-refractivity contribution in [1.29, 1.82) is 0 Å². The monoisotopic (exact) mass is 174 g/mol. The summed E-state index contributed by atoms with van der Waals surface area (Å²) in [6, 6.07) is -0.304. The quantitative estimate of drug-likeness (QED) is 0.530. The molecule has 0 spiro atoms. The fourth-order valence-corrected chi connectivity index (χ4v) is 0.635. The Bertz CT molecular complexity index is 152. The van der Waals surface area contributed by atoms with Crippen LogP contribution in [0.2, 0.25) is 0 Å². The lowest BCUT2D eigenvalue weighted by molar-refractivity contribution is -0.141. The molecule has 0 aliphatic rings. The van der Waals surface area contributed by atoms with Crippen molar-refractivity contribution in [3.05, 3.63) is 0 Å². The fraction of sp³-hybridized carbons (Fsp3) is 0.714. The zero-order valence-electron chi connectivity index (χ0n) is 7.08. The SMILES string of the molecule is CC(=O)OCC(N)CCC(N)=O. The topological polar surface area (TPSA) is 95.4 Å². The summed E-state index contributed by atoms with van der Waals surface area (Å²) < 4.78 is 4.62. The van der Waals surface area contributed by atoms with Crippen LogP contribution in [0.1, 0.15) is 19.8 Å². The van der Waals surface area contributed by atoms with Gasteiger partial charge in [0.1, 0.15) is 6.61 Å². The highest BCUT2D eigenvalue weighted by Crippen LogP contribution is 1.94. The van der Waals surface area contributed by atoms with Crippen LogP contribution in [0.3, 0.4) is 0 Å². The third kappa shape index (κ3) is 7.01. The van der Waals surface area contributed by atoms with Gasteiger partial charge in [-0.25, -0.2) is 0 Å². The molecule has 0 aliphatic carbocycles. The summed E-state index contributed by atoms with van der Waals surface area (Å²) in [4.78, 5) is 20.6. The van der Waals surface area contributed by atoms with Gasteiger partial charge in [0.2, 0.25) is 5.91 Å². The standard InChI is InChI=1S/C7H14N2O3/c1-5(10)12-4-6(8)2-3-7(9)11/h6H,2-4,8H2,1H3,(H2,9,11). The van der Waals surface area contributed by atoms with Gasteiger partial charge in [0.05, 0.1) is 0 Å². The van der Waals surface area contributed by atoms with Crippen LogP contribution in [0.25, 0.3) is 0 Å². The number of ether oxygens (including phenoxy) is 1. The highest BCUT2D eigenvalue weighted by molar-refractivity contribution is 5.73. The van der Waals surface area contributed by atoms with E-state index in [4.69, 9.17) is 11.5 Å². The molecule has 0 rings (SSSR count). The first-order valence-corrected chi connectivity index (χ1v) is 3.69. The minimum atomic E-state index is -0.395. The maximum atomic E-state index is 10.3. The molecule has 0 bridgehead atoms. The molecule has 12 heavy (non-hydrogen) atoms. The zero-order chi connectivity index (χ0) is 9.56. The molecule has 5 nitrogen and oxygen atoms in total. The van der Waals surface area contributed by atoms with Gasteiger partial charge in [0.25, 0.3) is 0 Å². The Hall–Kier alpha value is -1.10. The van der Waals surface area contributed by atoms with E-state index in [-0.39, 0.29) is 25.0 Å². The van der Waals surface area contributed by atoms with E-state index in [1.807, 2.05) is 0 Å². The predicted octanol–water partition coefficient (Wildman–Crippen LogP) is -0.858. The van der Waals surface area contributed by atoms with Crippen LogP contribution < -0.4 is 11.5 Å². The maximum Gasteiger partial charge on any atom is 0.302 e. The lowest BCUT2D eigenvalue weighted by Crippen LogP contribution is -2.28. The Kier molecular flexibility index (Phi) is 5.03. The normalized spacial score (nSPS) is 12.2. The molecular weight excluding hydrogens is 160 g/mol. The summed E-state index contributed by atoms with van der Waals surface area (Å²) in [5.41, 5.74) is 10.4. The summed E-state index contributed by atoms with van der Waals surface area (Å²) in [5, 5.41) is 0. The van der Waals surface area contributed by atoms with E-state index in [1.54, 1.807) is 0 Å². The van der Waals surface area contributed by atoms with Crippen LogP contribution in [0.4, 0.5) is 0 Å². The average Bonchev–Trinajstić information content (AvgIpc) is 1.96. The first-order valence-electron chi connectivity index (χ1n) is 3.69. The second kappa shape index (κ2) is 5.54. The number of esters is 1. The number of hydrogen-bond acceptors (Lipinski definition) is 4. The van der Waals surface area contributed by atoms with Gasteiger partial charge in [0.15, 0.2) is 0 Å². The molecule has 5 heteroatoms. The first-order chi connectivity index (χ1) is 5.52. The van der Waals surface area contributed by atoms with E-state index < -0.39 is 5.91 Å². The number of hydrogen-bond donors (Lipinski definition) is 2. The molecule has 0 radical (unpaired) electrons. The van der Waals surface area contributed by atoms with E-state index in [0.717, 1.165) is 0 Å². The van der Waals surface area contributed by atoms with Crippen molar-refractivity contribution in [2.75, 3.05) is 6.61 Å². The van der Waals surface area contributed by atoms with Crippen LogP contribution in [-0.4, -0.2) is 24.5 Å². The fourth-order valence-electron chi connectivity index (χ4n) is 0.635. The smallest absolute Gasteiger partial charge is 0.302 e. The molecule has 0 saturated carbocycles. The molecule has 1 unspecified atom stereocenters. The van der Waals surface area contributed by atoms with Gasteiger partial charge in [-0.15, -0.1) is 0 Å². The van der Waals surface area contributed by atoms with Gasteiger partial charge in [-0.05, 0) is 6.42 Å². The number of nitrogens with two attached hydrogens (primary N) is 2. The summed E-state index contributed by atoms with van der Waals surface area (Å²) in [5.74, 6) is -0.766. The lowest BCUT2D eigenvalue weighted by atomic mass is 10.2. The van der Waals surface area contributed by atoms with Gasteiger partial charge >= 0.3 is 5.97 Å². The number of amides is 1. The van der Waals surface area contributed by atoms with Gasteiger partial charge in [-0.2, -0.15) is 0 Å². The van der Waals surface area contributed by atoms with E-state index in [1.165, 1.54) is 6.92 Å². The molecule has 0 saturated heterocycles. The van der Waals surface area contributed by atoms with Crippen molar-refractivity contribution in [2.45, 2.75) is 25.8 Å². The predicted molar refractivity (Wildman–Crippen MR) is 43.0 cm³/mol. The van der Waals surface area contributed by atoms with Crippen LogP contribution in [0, 0.1) is 0 Å². The number of carbonyl (C=O) groups excluding carboxylic acids is 2. The molecule has 0 aliphatic heterocycles. The summed E-state index contributed by atoms with van der Waals surface area (Å²) in [7, 11) is 0. The van der Waals surface area contributed by atoms with E-state index in [9.17, 15) is 9.59 Å². The van der Waals surface area contributed by atoms with Crippen molar-refractivity contribution in [3.8, 4) is 0 Å². The van der Waals surface area contributed by atoms with Crippen LogP contribution in [-0.2, 0) is 14.3 Å². The molecule has 0 aromatic carbocycles. The minimum Gasteiger partial charge on any atom is -0.464 e. The van der Waals surface area contributed by atoms with Gasteiger partial charge in [0, 0.05) is 19.4 Å².